The van der Waals surface area contributed by atoms with E-state index in [0.717, 1.165) is 17.7 Å². The molecule has 0 saturated carbocycles. The molecule has 2 aromatic rings. The zero-order valence-electron chi connectivity index (χ0n) is 12.3. The SMILES string of the molecule is Cc1cccc(CC(N)c2cncc(OC(C)C)c2)c1. The molecule has 106 valence electrons. The first-order valence-corrected chi connectivity index (χ1v) is 6.97. The molecule has 1 unspecified atom stereocenters. The van der Waals surface area contributed by atoms with Gasteiger partial charge in [0.05, 0.1) is 12.3 Å². The molecule has 0 saturated heterocycles. The first-order chi connectivity index (χ1) is 9.54. The Kier molecular flexibility index (Phi) is 4.74. The van der Waals surface area contributed by atoms with Crippen molar-refractivity contribution >= 4 is 0 Å². The van der Waals surface area contributed by atoms with Gasteiger partial charge in [0, 0.05) is 12.2 Å². The Bertz CT molecular complexity index is 566. The van der Waals surface area contributed by atoms with E-state index in [1.54, 1.807) is 6.20 Å². The van der Waals surface area contributed by atoms with Gasteiger partial charge in [-0.25, -0.2) is 0 Å². The predicted octanol–water partition coefficient (Wildman–Crippen LogP) is 3.42. The largest absolute Gasteiger partial charge is 0.489 e. The van der Waals surface area contributed by atoms with Gasteiger partial charge in [-0.3, -0.25) is 4.98 Å². The van der Waals surface area contributed by atoms with Crippen LogP contribution in [0.15, 0.2) is 42.7 Å². The molecular weight excluding hydrogens is 248 g/mol. The standard InChI is InChI=1S/C17H22N2O/c1-12(2)20-16-9-15(10-19-11-16)17(18)8-14-6-4-5-13(3)7-14/h4-7,9-12,17H,8,18H2,1-3H3. The second-order valence-corrected chi connectivity index (χ2v) is 5.42. The van der Waals surface area contributed by atoms with E-state index in [0.29, 0.717) is 0 Å². The van der Waals surface area contributed by atoms with Crippen LogP contribution in [0.5, 0.6) is 5.75 Å². The van der Waals surface area contributed by atoms with Crippen LogP contribution in [-0.4, -0.2) is 11.1 Å². The Morgan fingerprint density at radius 1 is 1.20 bits per heavy atom. The Morgan fingerprint density at radius 2 is 2.00 bits per heavy atom. The molecule has 0 aliphatic heterocycles. The van der Waals surface area contributed by atoms with Gasteiger partial charge in [-0.15, -0.1) is 0 Å². The molecule has 1 heterocycles. The summed E-state index contributed by atoms with van der Waals surface area (Å²) in [6, 6.07) is 10.3. The van der Waals surface area contributed by atoms with Crippen molar-refractivity contribution in [1.82, 2.24) is 4.98 Å². The van der Waals surface area contributed by atoms with E-state index in [1.165, 1.54) is 11.1 Å². The molecule has 0 aliphatic rings. The molecule has 0 spiro atoms. The lowest BCUT2D eigenvalue weighted by Gasteiger charge is -2.15. The minimum absolute atomic E-state index is 0.0694. The summed E-state index contributed by atoms with van der Waals surface area (Å²) in [4.78, 5) is 4.21. The number of aryl methyl sites for hydroxylation is 1. The van der Waals surface area contributed by atoms with Crippen molar-refractivity contribution < 1.29 is 4.74 Å². The van der Waals surface area contributed by atoms with Crippen LogP contribution in [0.2, 0.25) is 0 Å². The summed E-state index contributed by atoms with van der Waals surface area (Å²) in [5.41, 5.74) is 9.78. The highest BCUT2D eigenvalue weighted by atomic mass is 16.5. The highest BCUT2D eigenvalue weighted by Gasteiger charge is 2.09. The van der Waals surface area contributed by atoms with E-state index in [4.69, 9.17) is 10.5 Å². The highest BCUT2D eigenvalue weighted by Crippen LogP contribution is 2.20. The van der Waals surface area contributed by atoms with Crippen LogP contribution >= 0.6 is 0 Å². The highest BCUT2D eigenvalue weighted by molar-refractivity contribution is 5.29. The minimum Gasteiger partial charge on any atom is -0.489 e. The van der Waals surface area contributed by atoms with Gasteiger partial charge in [0.25, 0.3) is 0 Å². The third-order valence-electron chi connectivity index (χ3n) is 3.07. The van der Waals surface area contributed by atoms with Crippen LogP contribution in [-0.2, 0) is 6.42 Å². The number of benzene rings is 1. The Hall–Kier alpha value is -1.87. The number of rotatable bonds is 5. The molecule has 0 radical (unpaired) electrons. The van der Waals surface area contributed by atoms with Crippen molar-refractivity contribution in [2.75, 3.05) is 0 Å². The summed E-state index contributed by atoms with van der Waals surface area (Å²) in [6.45, 7) is 6.09. The number of hydrogen-bond donors (Lipinski definition) is 1. The van der Waals surface area contributed by atoms with Crippen LogP contribution < -0.4 is 10.5 Å². The van der Waals surface area contributed by atoms with Crippen molar-refractivity contribution in [3.63, 3.8) is 0 Å². The fourth-order valence-electron chi connectivity index (χ4n) is 2.19. The van der Waals surface area contributed by atoms with Crippen LogP contribution in [0.25, 0.3) is 0 Å². The van der Waals surface area contributed by atoms with Crippen LogP contribution in [0, 0.1) is 6.92 Å². The molecule has 3 nitrogen and oxygen atoms in total. The molecule has 20 heavy (non-hydrogen) atoms. The van der Waals surface area contributed by atoms with E-state index in [2.05, 4.69) is 36.2 Å². The predicted molar refractivity (Wildman–Crippen MR) is 81.8 cm³/mol. The summed E-state index contributed by atoms with van der Waals surface area (Å²) in [6.07, 6.45) is 4.48. The molecule has 0 fully saturated rings. The lowest BCUT2D eigenvalue weighted by Crippen LogP contribution is -2.14. The van der Waals surface area contributed by atoms with Gasteiger partial charge < -0.3 is 10.5 Å². The van der Waals surface area contributed by atoms with Gasteiger partial charge in [-0.2, -0.15) is 0 Å². The second-order valence-electron chi connectivity index (χ2n) is 5.42. The molecule has 1 atom stereocenters. The van der Waals surface area contributed by atoms with Crippen LogP contribution in [0.4, 0.5) is 0 Å². The zero-order valence-corrected chi connectivity index (χ0v) is 12.3. The molecule has 1 aromatic heterocycles. The molecular formula is C17H22N2O. The van der Waals surface area contributed by atoms with Gasteiger partial charge in [0.2, 0.25) is 0 Å². The summed E-state index contributed by atoms with van der Waals surface area (Å²) in [5, 5.41) is 0. The first kappa shape index (κ1) is 14.5. The number of ether oxygens (including phenoxy) is 1. The summed E-state index contributed by atoms with van der Waals surface area (Å²) in [5.74, 6) is 0.775. The lowest BCUT2D eigenvalue weighted by atomic mass is 10.00. The third kappa shape index (κ3) is 4.07. The average molecular weight is 270 g/mol. The first-order valence-electron chi connectivity index (χ1n) is 6.97. The third-order valence-corrected chi connectivity index (χ3v) is 3.07. The minimum atomic E-state index is -0.0694. The topological polar surface area (TPSA) is 48.1 Å². The van der Waals surface area contributed by atoms with Crippen LogP contribution in [0.3, 0.4) is 0 Å². The summed E-state index contributed by atoms with van der Waals surface area (Å²) >= 11 is 0. The molecule has 2 N–H and O–H groups in total. The van der Waals surface area contributed by atoms with Crippen molar-refractivity contribution in [2.24, 2.45) is 5.73 Å². The van der Waals surface area contributed by atoms with Crippen molar-refractivity contribution in [3.8, 4) is 5.75 Å². The fraction of sp³-hybridized carbons (Fsp3) is 0.353. The molecule has 2 rings (SSSR count). The lowest BCUT2D eigenvalue weighted by molar-refractivity contribution is 0.241. The van der Waals surface area contributed by atoms with E-state index in [-0.39, 0.29) is 12.1 Å². The molecule has 1 aromatic carbocycles. The Balaban J connectivity index is 2.10. The number of nitrogens with two attached hydrogens (primary N) is 1. The summed E-state index contributed by atoms with van der Waals surface area (Å²) < 4.78 is 5.66. The van der Waals surface area contributed by atoms with E-state index >= 15 is 0 Å². The van der Waals surface area contributed by atoms with Gasteiger partial charge in [0.1, 0.15) is 5.75 Å². The van der Waals surface area contributed by atoms with Gasteiger partial charge in [-0.05, 0) is 44.4 Å². The van der Waals surface area contributed by atoms with Crippen LogP contribution in [0.1, 0.15) is 36.6 Å². The molecule has 0 amide bonds. The van der Waals surface area contributed by atoms with Crippen molar-refractivity contribution in [2.45, 2.75) is 39.3 Å². The monoisotopic (exact) mass is 270 g/mol. The molecule has 0 bridgehead atoms. The number of pyridine rings is 1. The molecule has 3 heteroatoms. The maximum absolute atomic E-state index is 6.28. The van der Waals surface area contributed by atoms with Crippen molar-refractivity contribution in [1.29, 1.82) is 0 Å². The summed E-state index contributed by atoms with van der Waals surface area (Å²) in [7, 11) is 0. The van der Waals surface area contributed by atoms with E-state index < -0.39 is 0 Å². The van der Waals surface area contributed by atoms with Gasteiger partial charge in [-0.1, -0.05) is 29.8 Å². The fourth-order valence-corrected chi connectivity index (χ4v) is 2.19. The Morgan fingerprint density at radius 3 is 2.70 bits per heavy atom. The second kappa shape index (κ2) is 6.53. The number of aromatic nitrogens is 1. The quantitative estimate of drug-likeness (QED) is 0.905. The van der Waals surface area contributed by atoms with E-state index in [9.17, 15) is 0 Å². The average Bonchev–Trinajstić information content (AvgIpc) is 2.38. The van der Waals surface area contributed by atoms with Crippen molar-refractivity contribution in [3.05, 3.63) is 59.4 Å². The maximum atomic E-state index is 6.28. The zero-order chi connectivity index (χ0) is 14.5. The van der Waals surface area contributed by atoms with Gasteiger partial charge >= 0.3 is 0 Å². The van der Waals surface area contributed by atoms with Gasteiger partial charge in [0.15, 0.2) is 0 Å². The maximum Gasteiger partial charge on any atom is 0.138 e. The Labute approximate surface area is 120 Å². The number of nitrogens with zero attached hydrogens (tertiary/aromatic N) is 1. The smallest absolute Gasteiger partial charge is 0.138 e. The number of hydrogen-bond acceptors (Lipinski definition) is 3. The normalized spacial score (nSPS) is 12.4. The molecule has 0 aliphatic carbocycles. The van der Waals surface area contributed by atoms with E-state index in [1.807, 2.05) is 26.1 Å².